The smallest absolute Gasteiger partial charge is 0.349 e. The van der Waals surface area contributed by atoms with E-state index in [-0.39, 0.29) is 11.5 Å². The van der Waals surface area contributed by atoms with E-state index >= 15 is 0 Å². The number of ether oxygens (including phenoxy) is 2. The third-order valence-electron chi connectivity index (χ3n) is 5.53. The van der Waals surface area contributed by atoms with Crippen molar-refractivity contribution >= 4 is 22.8 Å². The second-order valence-corrected chi connectivity index (χ2v) is 7.59. The van der Waals surface area contributed by atoms with Gasteiger partial charge < -0.3 is 23.7 Å². The van der Waals surface area contributed by atoms with Crippen LogP contribution in [0.2, 0.25) is 0 Å². The van der Waals surface area contributed by atoms with Gasteiger partial charge in [-0.05, 0) is 37.5 Å². The van der Waals surface area contributed by atoms with Crippen LogP contribution in [0, 0.1) is 0 Å². The van der Waals surface area contributed by atoms with Crippen LogP contribution < -0.4 is 10.4 Å². The number of morpholine rings is 1. The van der Waals surface area contributed by atoms with E-state index in [0.717, 1.165) is 12.8 Å². The zero-order valence-corrected chi connectivity index (χ0v) is 17.1. The van der Waals surface area contributed by atoms with Crippen molar-refractivity contribution in [2.75, 3.05) is 39.5 Å². The minimum atomic E-state index is -0.704. The van der Waals surface area contributed by atoms with Gasteiger partial charge in [-0.15, -0.1) is 0 Å². The molecule has 160 valence electrons. The number of carbonyl (C=O) groups excluding carboxylic acids is 2. The van der Waals surface area contributed by atoms with Crippen molar-refractivity contribution in [3.05, 3.63) is 40.2 Å². The maximum atomic E-state index is 13.2. The molecule has 30 heavy (non-hydrogen) atoms. The highest BCUT2D eigenvalue weighted by atomic mass is 16.5. The highest BCUT2D eigenvalue weighted by molar-refractivity contribution is 5.99. The number of hydrogen-bond acceptors (Lipinski definition) is 6. The number of carbonyl (C=O) groups is 2. The number of fused-ring (bicyclic) bond motifs is 1. The summed E-state index contributed by atoms with van der Waals surface area (Å²) >= 11 is 0. The highest BCUT2D eigenvalue weighted by Crippen LogP contribution is 2.24. The normalized spacial score (nSPS) is 19.3. The monoisotopic (exact) mass is 414 g/mol. The molecule has 2 saturated heterocycles. The molecule has 8 heteroatoms. The predicted molar refractivity (Wildman–Crippen MR) is 110 cm³/mol. The molecule has 2 aromatic rings. The fraction of sp³-hybridized carbons (Fsp3) is 0.500. The first-order valence-corrected chi connectivity index (χ1v) is 10.5. The van der Waals surface area contributed by atoms with Crippen LogP contribution in [-0.2, 0) is 9.53 Å². The van der Waals surface area contributed by atoms with Crippen molar-refractivity contribution in [1.29, 1.82) is 0 Å². The lowest BCUT2D eigenvalue weighted by molar-refractivity contribution is -0.139. The summed E-state index contributed by atoms with van der Waals surface area (Å²) in [4.78, 5) is 41.9. The Balaban J connectivity index is 1.57. The van der Waals surface area contributed by atoms with E-state index in [9.17, 15) is 14.4 Å². The van der Waals surface area contributed by atoms with Gasteiger partial charge >= 0.3 is 5.63 Å². The SMILES string of the molecule is CCCOc1ccc2cc(C(=O)N3CCC[C@H]3C(=O)N3CCOCC3)c(=O)oc2c1. The summed E-state index contributed by atoms with van der Waals surface area (Å²) in [6, 6.07) is 6.20. The number of hydrogen-bond donors (Lipinski definition) is 0. The molecule has 2 aliphatic rings. The van der Waals surface area contributed by atoms with Gasteiger partial charge in [-0.3, -0.25) is 9.59 Å². The van der Waals surface area contributed by atoms with Crippen molar-refractivity contribution in [3.8, 4) is 5.75 Å². The summed E-state index contributed by atoms with van der Waals surface area (Å²) in [5.41, 5.74) is -0.386. The summed E-state index contributed by atoms with van der Waals surface area (Å²) in [5.74, 6) is 0.0791. The maximum Gasteiger partial charge on any atom is 0.349 e. The Morgan fingerprint density at radius 1 is 1.17 bits per heavy atom. The van der Waals surface area contributed by atoms with Crippen molar-refractivity contribution in [2.45, 2.75) is 32.2 Å². The Morgan fingerprint density at radius 3 is 2.73 bits per heavy atom. The minimum Gasteiger partial charge on any atom is -0.493 e. The van der Waals surface area contributed by atoms with E-state index in [1.165, 1.54) is 4.90 Å². The highest BCUT2D eigenvalue weighted by Gasteiger charge is 2.38. The maximum absolute atomic E-state index is 13.2. The molecule has 2 fully saturated rings. The Kier molecular flexibility index (Phi) is 6.03. The van der Waals surface area contributed by atoms with Crippen molar-refractivity contribution < 1.29 is 23.5 Å². The molecule has 0 spiro atoms. The van der Waals surface area contributed by atoms with Crippen molar-refractivity contribution in [2.24, 2.45) is 0 Å². The summed E-state index contributed by atoms with van der Waals surface area (Å²) < 4.78 is 16.3. The molecule has 2 aliphatic heterocycles. The molecule has 1 aromatic carbocycles. The van der Waals surface area contributed by atoms with Gasteiger partial charge in [-0.2, -0.15) is 0 Å². The Morgan fingerprint density at radius 2 is 1.97 bits per heavy atom. The van der Waals surface area contributed by atoms with Gasteiger partial charge in [0.15, 0.2) is 0 Å². The molecular weight excluding hydrogens is 388 g/mol. The largest absolute Gasteiger partial charge is 0.493 e. The van der Waals surface area contributed by atoms with Gasteiger partial charge in [0.1, 0.15) is 22.9 Å². The Labute approximate surface area is 174 Å². The molecule has 3 heterocycles. The van der Waals surface area contributed by atoms with Crippen LogP contribution in [0.3, 0.4) is 0 Å². The van der Waals surface area contributed by atoms with Crippen LogP contribution in [0.1, 0.15) is 36.5 Å². The van der Waals surface area contributed by atoms with E-state index < -0.39 is 17.6 Å². The molecule has 2 amide bonds. The second kappa shape index (κ2) is 8.87. The van der Waals surface area contributed by atoms with E-state index in [1.807, 2.05) is 6.92 Å². The Bertz CT molecular complexity index is 995. The zero-order valence-electron chi connectivity index (χ0n) is 17.1. The van der Waals surface area contributed by atoms with Crippen LogP contribution >= 0.6 is 0 Å². The molecule has 0 unspecified atom stereocenters. The lowest BCUT2D eigenvalue weighted by Gasteiger charge is -2.32. The Hall–Kier alpha value is -2.87. The minimum absolute atomic E-state index is 0.0496. The molecule has 0 radical (unpaired) electrons. The molecule has 0 saturated carbocycles. The number of rotatable bonds is 5. The predicted octanol–water partition coefficient (Wildman–Crippen LogP) is 2.05. The number of likely N-dealkylation sites (tertiary alicyclic amines) is 1. The number of amides is 2. The number of nitrogens with zero attached hydrogens (tertiary/aromatic N) is 2. The van der Waals surface area contributed by atoms with Gasteiger partial charge in [-0.25, -0.2) is 4.79 Å². The lowest BCUT2D eigenvalue weighted by atomic mass is 10.1. The summed E-state index contributed by atoms with van der Waals surface area (Å²) in [7, 11) is 0. The number of benzene rings is 1. The first-order valence-electron chi connectivity index (χ1n) is 10.5. The summed E-state index contributed by atoms with van der Waals surface area (Å²) in [5, 5.41) is 0.636. The third kappa shape index (κ3) is 4.05. The fourth-order valence-electron chi connectivity index (χ4n) is 3.97. The van der Waals surface area contributed by atoms with Crippen LogP contribution in [0.15, 0.2) is 33.5 Å². The standard InChI is InChI=1S/C22H26N2O6/c1-2-10-29-16-6-5-15-13-17(22(27)30-19(15)14-16)20(25)24-7-3-4-18(24)21(26)23-8-11-28-12-9-23/h5-6,13-14,18H,2-4,7-12H2,1H3/t18-/m0/s1. The molecule has 0 bridgehead atoms. The van der Waals surface area contributed by atoms with Crippen LogP contribution in [-0.4, -0.2) is 67.1 Å². The summed E-state index contributed by atoms with van der Waals surface area (Å²) in [6.07, 6.45) is 2.19. The third-order valence-corrected chi connectivity index (χ3v) is 5.53. The van der Waals surface area contributed by atoms with Gasteiger partial charge in [0.2, 0.25) is 5.91 Å². The van der Waals surface area contributed by atoms with Gasteiger partial charge in [0.25, 0.3) is 5.91 Å². The first kappa shape index (κ1) is 20.4. The van der Waals surface area contributed by atoms with Gasteiger partial charge in [0.05, 0.1) is 19.8 Å². The van der Waals surface area contributed by atoms with E-state index in [4.69, 9.17) is 13.9 Å². The van der Waals surface area contributed by atoms with Crippen molar-refractivity contribution in [1.82, 2.24) is 9.80 Å². The molecular formula is C22H26N2O6. The van der Waals surface area contributed by atoms with E-state index in [1.54, 1.807) is 29.2 Å². The van der Waals surface area contributed by atoms with Gasteiger partial charge in [0, 0.05) is 31.1 Å². The topological polar surface area (TPSA) is 89.3 Å². The molecule has 0 aliphatic carbocycles. The van der Waals surface area contributed by atoms with E-state index in [2.05, 4.69) is 0 Å². The lowest BCUT2D eigenvalue weighted by Crippen LogP contribution is -2.51. The van der Waals surface area contributed by atoms with Crippen LogP contribution in [0.5, 0.6) is 5.75 Å². The quantitative estimate of drug-likeness (QED) is 0.696. The molecule has 1 atom stereocenters. The molecule has 1 aromatic heterocycles. The molecule has 8 nitrogen and oxygen atoms in total. The first-order chi connectivity index (χ1) is 14.6. The summed E-state index contributed by atoms with van der Waals surface area (Å²) in [6.45, 7) is 5.08. The van der Waals surface area contributed by atoms with Gasteiger partial charge in [-0.1, -0.05) is 6.92 Å². The fourth-order valence-corrected chi connectivity index (χ4v) is 3.97. The van der Waals surface area contributed by atoms with E-state index in [0.29, 0.717) is 62.6 Å². The molecule has 4 rings (SSSR count). The molecule has 0 N–H and O–H groups in total. The average molecular weight is 414 g/mol. The average Bonchev–Trinajstić information content (AvgIpc) is 3.26. The van der Waals surface area contributed by atoms with Crippen LogP contribution in [0.4, 0.5) is 0 Å². The second-order valence-electron chi connectivity index (χ2n) is 7.59. The van der Waals surface area contributed by atoms with Crippen LogP contribution in [0.25, 0.3) is 11.0 Å². The zero-order chi connectivity index (χ0) is 21.1. The van der Waals surface area contributed by atoms with Crippen molar-refractivity contribution in [3.63, 3.8) is 0 Å².